The number of carbonyl (C=O) groups is 3. The lowest BCUT2D eigenvalue weighted by Gasteiger charge is -2.24. The van der Waals surface area contributed by atoms with Crippen molar-refractivity contribution >= 4 is 17.8 Å². The number of imide groups is 1. The molecule has 1 aromatic heterocycles. The van der Waals surface area contributed by atoms with E-state index in [2.05, 4.69) is 38.3 Å². The molecule has 0 radical (unpaired) electrons. The molecule has 0 spiro atoms. The first-order valence-electron chi connectivity index (χ1n) is 8.15. The van der Waals surface area contributed by atoms with Crippen LogP contribution in [0, 0.1) is 0 Å². The van der Waals surface area contributed by atoms with Crippen molar-refractivity contribution in [3.05, 3.63) is 24.5 Å². The van der Waals surface area contributed by atoms with E-state index in [0.29, 0.717) is 12.1 Å². The second-order valence-electron chi connectivity index (χ2n) is 6.20. The van der Waals surface area contributed by atoms with E-state index in [-0.39, 0.29) is 13.0 Å². The molecule has 0 saturated carbocycles. The fourth-order valence-corrected chi connectivity index (χ4v) is 2.57. The lowest BCUT2D eigenvalue weighted by Crippen LogP contribution is -2.48. The van der Waals surface area contributed by atoms with Crippen molar-refractivity contribution in [2.24, 2.45) is 0 Å². The molecule has 2 heterocycles. The van der Waals surface area contributed by atoms with Gasteiger partial charge in [0.2, 0.25) is 11.4 Å². The monoisotopic (exact) mass is 337 g/mol. The topological polar surface area (TPSA) is 89.4 Å². The van der Waals surface area contributed by atoms with Crippen LogP contribution in [0.5, 0.6) is 0 Å². The molecule has 2 amide bonds. The van der Waals surface area contributed by atoms with Crippen LogP contribution in [0.25, 0.3) is 0 Å². The molecule has 0 aromatic carbocycles. The Bertz CT molecular complexity index is 560. The SMILES string of the molecule is CC(C)NC(C)C.CCOC(=O)[C@@]1(n2cccc2)CC(=O)NC1=O. The summed E-state index contributed by atoms with van der Waals surface area (Å²) in [4.78, 5) is 35.2. The second-order valence-corrected chi connectivity index (χ2v) is 6.20. The summed E-state index contributed by atoms with van der Waals surface area (Å²) in [7, 11) is 0. The van der Waals surface area contributed by atoms with E-state index in [1.165, 1.54) is 4.57 Å². The first-order valence-corrected chi connectivity index (χ1v) is 8.15. The van der Waals surface area contributed by atoms with Gasteiger partial charge in [-0.25, -0.2) is 4.79 Å². The van der Waals surface area contributed by atoms with Crippen LogP contribution in [-0.2, 0) is 24.7 Å². The molecular formula is C17H27N3O4. The lowest BCUT2D eigenvalue weighted by molar-refractivity contribution is -0.157. The number of amides is 2. The molecule has 0 bridgehead atoms. The van der Waals surface area contributed by atoms with Gasteiger partial charge >= 0.3 is 5.97 Å². The highest BCUT2D eigenvalue weighted by Gasteiger charge is 2.55. The molecule has 1 saturated heterocycles. The summed E-state index contributed by atoms with van der Waals surface area (Å²) in [5.41, 5.74) is -1.59. The van der Waals surface area contributed by atoms with E-state index < -0.39 is 23.3 Å². The Morgan fingerprint density at radius 2 is 1.79 bits per heavy atom. The van der Waals surface area contributed by atoms with Gasteiger partial charge in [-0.3, -0.25) is 14.9 Å². The molecule has 0 aliphatic carbocycles. The van der Waals surface area contributed by atoms with Crippen LogP contribution in [-0.4, -0.2) is 41.0 Å². The zero-order valence-corrected chi connectivity index (χ0v) is 15.0. The Hall–Kier alpha value is -2.15. The average molecular weight is 337 g/mol. The molecule has 2 N–H and O–H groups in total. The Balaban J connectivity index is 0.000000351. The van der Waals surface area contributed by atoms with Gasteiger partial charge in [0.25, 0.3) is 5.91 Å². The van der Waals surface area contributed by atoms with E-state index in [0.717, 1.165) is 0 Å². The summed E-state index contributed by atoms with van der Waals surface area (Å²) < 4.78 is 6.31. The number of carbonyl (C=O) groups excluding carboxylic acids is 3. The summed E-state index contributed by atoms with van der Waals surface area (Å²) in [6, 6.07) is 4.61. The van der Waals surface area contributed by atoms with Crippen molar-refractivity contribution in [3.63, 3.8) is 0 Å². The van der Waals surface area contributed by atoms with Crippen LogP contribution in [0.4, 0.5) is 0 Å². The molecule has 1 atom stereocenters. The smallest absolute Gasteiger partial charge is 0.342 e. The van der Waals surface area contributed by atoms with Crippen LogP contribution >= 0.6 is 0 Å². The third-order valence-electron chi connectivity index (χ3n) is 3.37. The van der Waals surface area contributed by atoms with Crippen molar-refractivity contribution in [1.82, 2.24) is 15.2 Å². The van der Waals surface area contributed by atoms with Crippen LogP contribution < -0.4 is 10.6 Å². The van der Waals surface area contributed by atoms with E-state index >= 15 is 0 Å². The van der Waals surface area contributed by atoms with Crippen molar-refractivity contribution in [2.75, 3.05) is 6.61 Å². The minimum Gasteiger partial charge on any atom is -0.464 e. The highest BCUT2D eigenvalue weighted by atomic mass is 16.5. The summed E-state index contributed by atoms with van der Waals surface area (Å²) in [5, 5.41) is 5.44. The fourth-order valence-electron chi connectivity index (χ4n) is 2.57. The van der Waals surface area contributed by atoms with Crippen LogP contribution in [0.3, 0.4) is 0 Å². The van der Waals surface area contributed by atoms with Crippen molar-refractivity contribution in [3.8, 4) is 0 Å². The normalized spacial score (nSPS) is 20.0. The highest BCUT2D eigenvalue weighted by molar-refractivity contribution is 6.17. The Kier molecular flexibility index (Phi) is 7.16. The molecular weight excluding hydrogens is 310 g/mol. The molecule has 24 heavy (non-hydrogen) atoms. The fraction of sp³-hybridized carbons (Fsp3) is 0.588. The highest BCUT2D eigenvalue weighted by Crippen LogP contribution is 2.28. The maximum absolute atomic E-state index is 12.0. The minimum atomic E-state index is -1.59. The van der Waals surface area contributed by atoms with Gasteiger partial charge in [0.05, 0.1) is 13.0 Å². The quantitative estimate of drug-likeness (QED) is 0.478. The molecule has 1 fully saturated rings. The summed E-state index contributed by atoms with van der Waals surface area (Å²) >= 11 is 0. The Morgan fingerprint density at radius 1 is 1.25 bits per heavy atom. The summed E-state index contributed by atoms with van der Waals surface area (Å²) in [6.45, 7) is 10.4. The number of nitrogens with zero attached hydrogens (tertiary/aromatic N) is 1. The summed E-state index contributed by atoms with van der Waals surface area (Å²) in [6.07, 6.45) is 2.91. The van der Waals surface area contributed by atoms with E-state index in [9.17, 15) is 14.4 Å². The molecule has 2 rings (SSSR count). The van der Waals surface area contributed by atoms with Crippen LogP contribution in [0.1, 0.15) is 41.0 Å². The van der Waals surface area contributed by atoms with Gasteiger partial charge < -0.3 is 14.6 Å². The van der Waals surface area contributed by atoms with Gasteiger partial charge in [-0.15, -0.1) is 0 Å². The van der Waals surface area contributed by atoms with E-state index in [1.54, 1.807) is 31.5 Å². The second kappa shape index (κ2) is 8.63. The predicted molar refractivity (Wildman–Crippen MR) is 90.2 cm³/mol. The van der Waals surface area contributed by atoms with Gasteiger partial charge in [0.1, 0.15) is 0 Å². The van der Waals surface area contributed by atoms with Crippen molar-refractivity contribution in [1.29, 1.82) is 0 Å². The van der Waals surface area contributed by atoms with E-state index in [1.807, 2.05) is 0 Å². The molecule has 1 aliphatic heterocycles. The number of nitrogens with one attached hydrogen (secondary N) is 2. The average Bonchev–Trinajstić information content (AvgIpc) is 3.06. The standard InChI is InChI=1S/C11H12N2O4.C6H15N/c1-2-17-10(16)11(13-5-3-4-6-13)7-8(14)12-9(11)15;1-5(2)7-6(3)4/h3-6H,2,7H2,1H3,(H,12,14,15);5-7H,1-4H3/t11-;/m1./s1. The third-order valence-corrected chi connectivity index (χ3v) is 3.37. The molecule has 134 valence electrons. The van der Waals surface area contributed by atoms with Gasteiger partial charge in [0.15, 0.2) is 0 Å². The Labute approximate surface area is 142 Å². The number of hydrogen-bond acceptors (Lipinski definition) is 5. The number of aromatic nitrogens is 1. The third kappa shape index (κ3) is 4.67. The number of hydrogen-bond donors (Lipinski definition) is 2. The lowest BCUT2D eigenvalue weighted by atomic mass is 9.97. The van der Waals surface area contributed by atoms with Gasteiger partial charge in [0, 0.05) is 24.5 Å². The van der Waals surface area contributed by atoms with Crippen molar-refractivity contribution in [2.45, 2.75) is 58.7 Å². The Morgan fingerprint density at radius 3 is 2.12 bits per heavy atom. The minimum absolute atomic E-state index is 0.156. The maximum Gasteiger partial charge on any atom is 0.342 e. The first kappa shape index (κ1) is 19.9. The van der Waals surface area contributed by atoms with Gasteiger partial charge in [-0.2, -0.15) is 0 Å². The molecule has 1 aliphatic rings. The molecule has 7 nitrogen and oxygen atoms in total. The van der Waals surface area contributed by atoms with Crippen LogP contribution in [0.15, 0.2) is 24.5 Å². The zero-order valence-electron chi connectivity index (χ0n) is 15.0. The molecule has 1 aromatic rings. The van der Waals surface area contributed by atoms with Gasteiger partial charge in [-0.05, 0) is 19.1 Å². The number of rotatable bonds is 5. The van der Waals surface area contributed by atoms with Crippen molar-refractivity contribution < 1.29 is 19.1 Å². The van der Waals surface area contributed by atoms with Crippen LogP contribution in [0.2, 0.25) is 0 Å². The molecule has 7 heteroatoms. The largest absolute Gasteiger partial charge is 0.464 e. The molecule has 0 unspecified atom stereocenters. The number of ether oxygens (including phenoxy) is 1. The maximum atomic E-state index is 12.0. The predicted octanol–water partition coefficient (Wildman–Crippen LogP) is 1.19. The first-order chi connectivity index (χ1) is 11.2. The van der Waals surface area contributed by atoms with E-state index in [4.69, 9.17) is 4.74 Å². The summed E-state index contributed by atoms with van der Waals surface area (Å²) in [5.74, 6) is -1.83. The zero-order chi connectivity index (χ0) is 18.3. The number of esters is 1. The van der Waals surface area contributed by atoms with Gasteiger partial charge in [-0.1, -0.05) is 27.7 Å².